The van der Waals surface area contributed by atoms with Crippen molar-refractivity contribution in [1.82, 2.24) is 5.32 Å². The number of amides is 1. The molecule has 1 fully saturated rings. The Morgan fingerprint density at radius 1 is 1.38 bits per heavy atom. The molecule has 2 rings (SSSR count). The van der Waals surface area contributed by atoms with Crippen LogP contribution in [0.1, 0.15) is 46.0 Å². The summed E-state index contributed by atoms with van der Waals surface area (Å²) >= 11 is 0. The van der Waals surface area contributed by atoms with Crippen LogP contribution in [0, 0.1) is 0 Å². The largest absolute Gasteiger partial charge is 0.462 e. The molecule has 2 aliphatic rings. The fourth-order valence-corrected chi connectivity index (χ4v) is 2.83. The van der Waals surface area contributed by atoms with Crippen molar-refractivity contribution in [2.75, 3.05) is 6.61 Å². The Labute approximate surface area is 123 Å². The van der Waals surface area contributed by atoms with Crippen LogP contribution in [0.2, 0.25) is 0 Å². The van der Waals surface area contributed by atoms with Gasteiger partial charge in [-0.1, -0.05) is 19.3 Å². The highest BCUT2D eigenvalue weighted by Crippen LogP contribution is 2.31. The monoisotopic (exact) mass is 295 g/mol. The van der Waals surface area contributed by atoms with Gasteiger partial charge in [0.1, 0.15) is 0 Å². The average molecular weight is 295 g/mol. The number of rotatable bonds is 4. The first kappa shape index (κ1) is 15.5. The molecule has 0 bridgehead atoms. The second-order valence-corrected chi connectivity index (χ2v) is 5.46. The lowest BCUT2D eigenvalue weighted by Gasteiger charge is -2.30. The molecule has 0 aromatic heterocycles. The summed E-state index contributed by atoms with van der Waals surface area (Å²) < 4.78 is 10.0. The van der Waals surface area contributed by atoms with Crippen molar-refractivity contribution in [3.8, 4) is 0 Å². The standard InChI is InChI=1S/C15H21NO5/c1-3-20-14(19)15(10(2)9-12(17)21-15)13(18)16-11-7-5-4-6-8-11/h9,11H,3-8H2,1-2H3,(H,16,18). The summed E-state index contributed by atoms with van der Waals surface area (Å²) in [6.45, 7) is 3.28. The molecule has 1 saturated carbocycles. The number of cyclic esters (lactones) is 1. The third kappa shape index (κ3) is 2.94. The molecule has 6 nitrogen and oxygen atoms in total. The van der Waals surface area contributed by atoms with Crippen molar-refractivity contribution in [3.05, 3.63) is 11.6 Å². The van der Waals surface area contributed by atoms with Gasteiger partial charge in [0.05, 0.1) is 6.61 Å². The highest BCUT2D eigenvalue weighted by molar-refractivity contribution is 6.14. The van der Waals surface area contributed by atoms with E-state index in [1.807, 2.05) is 0 Å². The molecule has 1 amide bonds. The van der Waals surface area contributed by atoms with Gasteiger partial charge in [-0.25, -0.2) is 9.59 Å². The maximum atomic E-state index is 12.6. The minimum absolute atomic E-state index is 0.0182. The quantitative estimate of drug-likeness (QED) is 0.623. The highest BCUT2D eigenvalue weighted by Gasteiger charge is 2.56. The summed E-state index contributed by atoms with van der Waals surface area (Å²) in [5.74, 6) is -2.13. The molecule has 1 atom stereocenters. The molecule has 0 spiro atoms. The molecule has 1 aliphatic heterocycles. The summed E-state index contributed by atoms with van der Waals surface area (Å²) in [5.41, 5.74) is -1.69. The van der Waals surface area contributed by atoms with E-state index in [2.05, 4.69) is 5.32 Å². The van der Waals surface area contributed by atoms with Crippen LogP contribution in [-0.4, -0.2) is 36.1 Å². The predicted octanol–water partition coefficient (Wildman–Crippen LogP) is 1.24. The Morgan fingerprint density at radius 2 is 2.05 bits per heavy atom. The lowest BCUT2D eigenvalue weighted by Crippen LogP contribution is -2.57. The zero-order valence-electron chi connectivity index (χ0n) is 12.4. The minimum Gasteiger partial charge on any atom is -0.462 e. The van der Waals surface area contributed by atoms with Gasteiger partial charge in [-0.2, -0.15) is 0 Å². The second kappa shape index (κ2) is 6.28. The van der Waals surface area contributed by atoms with Crippen LogP contribution < -0.4 is 5.32 Å². The molecule has 21 heavy (non-hydrogen) atoms. The summed E-state index contributed by atoms with van der Waals surface area (Å²) in [6, 6.07) is 0.0182. The molecular weight excluding hydrogens is 274 g/mol. The third-order valence-corrected chi connectivity index (χ3v) is 3.97. The zero-order chi connectivity index (χ0) is 15.5. The van der Waals surface area contributed by atoms with Gasteiger partial charge in [-0.05, 0) is 32.3 Å². The van der Waals surface area contributed by atoms with E-state index in [4.69, 9.17) is 9.47 Å². The fourth-order valence-electron chi connectivity index (χ4n) is 2.83. The van der Waals surface area contributed by atoms with Gasteiger partial charge >= 0.3 is 17.5 Å². The molecule has 116 valence electrons. The molecule has 6 heteroatoms. The van der Waals surface area contributed by atoms with Crippen LogP contribution in [0.4, 0.5) is 0 Å². The molecule has 0 aromatic rings. The van der Waals surface area contributed by atoms with Gasteiger partial charge in [0.15, 0.2) is 0 Å². The topological polar surface area (TPSA) is 81.7 Å². The molecule has 0 saturated heterocycles. The first-order valence-electron chi connectivity index (χ1n) is 7.40. The van der Waals surface area contributed by atoms with Gasteiger partial charge in [0.25, 0.3) is 5.91 Å². The minimum atomic E-state index is -1.95. The molecule has 1 unspecified atom stereocenters. The highest BCUT2D eigenvalue weighted by atomic mass is 16.6. The number of carbonyl (C=O) groups excluding carboxylic acids is 3. The predicted molar refractivity (Wildman–Crippen MR) is 74.2 cm³/mol. The molecule has 1 N–H and O–H groups in total. The van der Waals surface area contributed by atoms with Crippen molar-refractivity contribution >= 4 is 17.8 Å². The van der Waals surface area contributed by atoms with Crippen molar-refractivity contribution in [2.45, 2.75) is 57.6 Å². The normalized spacial score (nSPS) is 26.0. The molecular formula is C15H21NO5. The van der Waals surface area contributed by atoms with Crippen LogP contribution in [-0.2, 0) is 23.9 Å². The van der Waals surface area contributed by atoms with Crippen LogP contribution in [0.25, 0.3) is 0 Å². The lowest BCUT2D eigenvalue weighted by atomic mass is 9.91. The van der Waals surface area contributed by atoms with E-state index in [0.29, 0.717) is 0 Å². The Morgan fingerprint density at radius 3 is 2.57 bits per heavy atom. The Kier molecular flexibility index (Phi) is 4.65. The van der Waals surface area contributed by atoms with Gasteiger partial charge < -0.3 is 14.8 Å². The maximum absolute atomic E-state index is 12.6. The SMILES string of the molecule is CCOC(=O)C1(C(=O)NC2CCCCC2)OC(=O)C=C1C. The van der Waals surface area contributed by atoms with E-state index in [0.717, 1.165) is 38.2 Å². The molecule has 1 aliphatic carbocycles. The molecule has 0 aromatic carbocycles. The van der Waals surface area contributed by atoms with E-state index >= 15 is 0 Å². The number of ether oxygens (including phenoxy) is 2. The van der Waals surface area contributed by atoms with Crippen molar-refractivity contribution in [3.63, 3.8) is 0 Å². The maximum Gasteiger partial charge on any atom is 0.365 e. The number of nitrogens with one attached hydrogen (secondary N) is 1. The lowest BCUT2D eigenvalue weighted by molar-refractivity contribution is -0.177. The van der Waals surface area contributed by atoms with Crippen LogP contribution in [0.3, 0.4) is 0 Å². The Balaban J connectivity index is 2.19. The summed E-state index contributed by atoms with van der Waals surface area (Å²) in [7, 11) is 0. The van der Waals surface area contributed by atoms with Crippen LogP contribution >= 0.6 is 0 Å². The summed E-state index contributed by atoms with van der Waals surface area (Å²) in [5, 5.41) is 2.83. The van der Waals surface area contributed by atoms with E-state index in [-0.39, 0.29) is 18.2 Å². The van der Waals surface area contributed by atoms with E-state index in [1.165, 1.54) is 6.92 Å². The fraction of sp³-hybridized carbons (Fsp3) is 0.667. The third-order valence-electron chi connectivity index (χ3n) is 3.97. The van der Waals surface area contributed by atoms with Crippen molar-refractivity contribution < 1.29 is 23.9 Å². The van der Waals surface area contributed by atoms with Crippen molar-refractivity contribution in [2.24, 2.45) is 0 Å². The van der Waals surface area contributed by atoms with Gasteiger partial charge in [0.2, 0.25) is 0 Å². The molecule has 1 heterocycles. The molecule has 0 radical (unpaired) electrons. The number of carbonyl (C=O) groups is 3. The average Bonchev–Trinajstić information content (AvgIpc) is 2.76. The van der Waals surface area contributed by atoms with Gasteiger partial charge in [-0.3, -0.25) is 4.79 Å². The van der Waals surface area contributed by atoms with Crippen LogP contribution in [0.15, 0.2) is 11.6 Å². The van der Waals surface area contributed by atoms with E-state index < -0.39 is 23.4 Å². The number of hydrogen-bond donors (Lipinski definition) is 1. The first-order valence-corrected chi connectivity index (χ1v) is 7.40. The summed E-state index contributed by atoms with van der Waals surface area (Å²) in [6.07, 6.45) is 6.17. The van der Waals surface area contributed by atoms with Crippen LogP contribution in [0.5, 0.6) is 0 Å². The van der Waals surface area contributed by atoms with Gasteiger partial charge in [0, 0.05) is 12.1 Å². The number of esters is 2. The first-order chi connectivity index (χ1) is 10.0. The van der Waals surface area contributed by atoms with Gasteiger partial charge in [-0.15, -0.1) is 0 Å². The second-order valence-electron chi connectivity index (χ2n) is 5.46. The number of hydrogen-bond acceptors (Lipinski definition) is 5. The Hall–Kier alpha value is -1.85. The zero-order valence-corrected chi connectivity index (χ0v) is 12.4. The summed E-state index contributed by atoms with van der Waals surface area (Å²) in [4.78, 5) is 36.3. The van der Waals surface area contributed by atoms with E-state index in [9.17, 15) is 14.4 Å². The van der Waals surface area contributed by atoms with E-state index in [1.54, 1.807) is 6.92 Å². The Bertz CT molecular complexity index is 478. The smallest absolute Gasteiger partial charge is 0.365 e. The van der Waals surface area contributed by atoms with Crippen molar-refractivity contribution in [1.29, 1.82) is 0 Å².